The van der Waals surface area contributed by atoms with E-state index in [9.17, 15) is 10.2 Å². The second kappa shape index (κ2) is 5.97. The molecule has 0 saturated heterocycles. The summed E-state index contributed by atoms with van der Waals surface area (Å²) in [5, 5.41) is 19.0. The summed E-state index contributed by atoms with van der Waals surface area (Å²) in [5.41, 5.74) is 2.23. The van der Waals surface area contributed by atoms with Crippen molar-refractivity contribution in [2.45, 2.75) is 19.3 Å². The molecule has 0 fully saturated rings. The van der Waals surface area contributed by atoms with Gasteiger partial charge in [0.15, 0.2) is 0 Å². The van der Waals surface area contributed by atoms with E-state index < -0.39 is 0 Å². The highest BCUT2D eigenvalue weighted by Crippen LogP contribution is 2.38. The van der Waals surface area contributed by atoms with Gasteiger partial charge in [-0.15, -0.1) is 0 Å². The number of hydrogen-bond acceptors (Lipinski definition) is 2. The lowest BCUT2D eigenvalue weighted by Crippen LogP contribution is -2.01. The van der Waals surface area contributed by atoms with E-state index in [-0.39, 0.29) is 17.4 Å². The lowest BCUT2D eigenvalue weighted by Gasteiger charge is -2.19. The van der Waals surface area contributed by atoms with Gasteiger partial charge in [-0.1, -0.05) is 50.9 Å². The standard InChI is InChI=1S/C15H14Br2O2/c1-2-11(12-5-3-9(18)7-14(12)16)13-6-4-10(19)8-15(13)17/h3-8,11,18-19H,2H2,1H3. The Kier molecular flexibility index (Phi) is 4.53. The van der Waals surface area contributed by atoms with Crippen LogP contribution in [0.4, 0.5) is 0 Å². The summed E-state index contributed by atoms with van der Waals surface area (Å²) in [6.45, 7) is 2.11. The number of benzene rings is 2. The van der Waals surface area contributed by atoms with Gasteiger partial charge in [-0.05, 0) is 41.8 Å². The van der Waals surface area contributed by atoms with Gasteiger partial charge in [-0.2, -0.15) is 0 Å². The lowest BCUT2D eigenvalue weighted by molar-refractivity contribution is 0.474. The Labute approximate surface area is 129 Å². The molecule has 4 heteroatoms. The maximum atomic E-state index is 9.48. The van der Waals surface area contributed by atoms with Gasteiger partial charge in [0, 0.05) is 14.9 Å². The topological polar surface area (TPSA) is 40.5 Å². The zero-order valence-electron chi connectivity index (χ0n) is 10.4. The van der Waals surface area contributed by atoms with Crippen molar-refractivity contribution in [3.8, 4) is 11.5 Å². The van der Waals surface area contributed by atoms with Crippen molar-refractivity contribution >= 4 is 31.9 Å². The lowest BCUT2D eigenvalue weighted by atomic mass is 9.89. The predicted octanol–water partition coefficient (Wildman–Crippen LogP) is 5.16. The van der Waals surface area contributed by atoms with Crippen molar-refractivity contribution in [1.82, 2.24) is 0 Å². The molecular formula is C15H14Br2O2. The van der Waals surface area contributed by atoms with Crippen LogP contribution >= 0.6 is 31.9 Å². The Hall–Kier alpha value is -1.00. The summed E-state index contributed by atoms with van der Waals surface area (Å²) >= 11 is 7.00. The highest BCUT2D eigenvalue weighted by atomic mass is 79.9. The molecule has 2 aromatic carbocycles. The number of phenolic OH excluding ortho intramolecular Hbond substituents is 2. The molecule has 0 amide bonds. The first-order chi connectivity index (χ1) is 9.02. The van der Waals surface area contributed by atoms with Crippen LogP contribution in [0.3, 0.4) is 0 Å². The molecule has 0 radical (unpaired) electrons. The van der Waals surface area contributed by atoms with Crippen molar-refractivity contribution < 1.29 is 10.2 Å². The second-order valence-electron chi connectivity index (χ2n) is 4.37. The second-order valence-corrected chi connectivity index (χ2v) is 6.08. The molecule has 0 aliphatic rings. The quantitative estimate of drug-likeness (QED) is 0.765. The first-order valence-electron chi connectivity index (χ1n) is 5.99. The van der Waals surface area contributed by atoms with E-state index >= 15 is 0 Å². The van der Waals surface area contributed by atoms with Crippen molar-refractivity contribution in [3.05, 3.63) is 56.5 Å². The molecule has 0 saturated carbocycles. The van der Waals surface area contributed by atoms with Gasteiger partial charge in [0.2, 0.25) is 0 Å². The molecule has 0 spiro atoms. The van der Waals surface area contributed by atoms with Crippen LogP contribution in [-0.4, -0.2) is 10.2 Å². The summed E-state index contributed by atoms with van der Waals surface area (Å²) in [5.74, 6) is 0.690. The molecule has 2 N–H and O–H groups in total. The molecule has 0 heterocycles. The number of hydrogen-bond donors (Lipinski definition) is 2. The summed E-state index contributed by atoms with van der Waals surface area (Å²) in [4.78, 5) is 0. The molecule has 2 aromatic rings. The molecule has 0 aliphatic carbocycles. The van der Waals surface area contributed by atoms with Crippen molar-refractivity contribution in [2.75, 3.05) is 0 Å². The first kappa shape index (κ1) is 14.4. The monoisotopic (exact) mass is 384 g/mol. The van der Waals surface area contributed by atoms with E-state index in [4.69, 9.17) is 0 Å². The molecule has 19 heavy (non-hydrogen) atoms. The Balaban J connectivity index is 2.50. The van der Waals surface area contributed by atoms with Crippen molar-refractivity contribution in [3.63, 3.8) is 0 Å². The van der Waals surface area contributed by atoms with Crippen LogP contribution in [0, 0.1) is 0 Å². The van der Waals surface area contributed by atoms with Gasteiger partial charge in [0.1, 0.15) is 11.5 Å². The maximum Gasteiger partial charge on any atom is 0.116 e. The predicted molar refractivity (Wildman–Crippen MR) is 83.7 cm³/mol. The molecule has 0 atom stereocenters. The van der Waals surface area contributed by atoms with Crippen LogP contribution in [-0.2, 0) is 0 Å². The Morgan fingerprint density at radius 1 is 0.895 bits per heavy atom. The molecule has 0 aliphatic heterocycles. The Morgan fingerprint density at radius 3 is 1.63 bits per heavy atom. The molecule has 0 unspecified atom stereocenters. The van der Waals surface area contributed by atoms with E-state index in [0.717, 1.165) is 26.5 Å². The van der Waals surface area contributed by atoms with Gasteiger partial charge in [-0.25, -0.2) is 0 Å². The summed E-state index contributed by atoms with van der Waals surface area (Å²) < 4.78 is 1.78. The maximum absolute atomic E-state index is 9.48. The highest BCUT2D eigenvalue weighted by molar-refractivity contribution is 9.10. The van der Waals surface area contributed by atoms with E-state index in [2.05, 4.69) is 38.8 Å². The third kappa shape index (κ3) is 3.12. The van der Waals surface area contributed by atoms with Gasteiger partial charge in [0.25, 0.3) is 0 Å². The number of rotatable bonds is 3. The minimum Gasteiger partial charge on any atom is -0.508 e. The first-order valence-corrected chi connectivity index (χ1v) is 7.58. The molecule has 2 nitrogen and oxygen atoms in total. The Bertz CT molecular complexity index is 545. The van der Waals surface area contributed by atoms with Crippen LogP contribution in [0.1, 0.15) is 30.4 Å². The van der Waals surface area contributed by atoms with Gasteiger partial charge in [-0.3, -0.25) is 0 Å². The number of phenols is 2. The van der Waals surface area contributed by atoms with E-state index in [1.807, 2.05) is 12.1 Å². The fourth-order valence-corrected chi connectivity index (χ4v) is 3.49. The van der Waals surface area contributed by atoms with Gasteiger partial charge >= 0.3 is 0 Å². The SMILES string of the molecule is CCC(c1ccc(O)cc1Br)c1ccc(O)cc1Br. The van der Waals surface area contributed by atoms with E-state index in [1.54, 1.807) is 24.3 Å². The van der Waals surface area contributed by atoms with Crippen LogP contribution < -0.4 is 0 Å². The fourth-order valence-electron chi connectivity index (χ4n) is 2.20. The average molecular weight is 386 g/mol. The zero-order valence-corrected chi connectivity index (χ0v) is 13.6. The average Bonchev–Trinajstić information content (AvgIpc) is 2.34. The molecule has 2 rings (SSSR count). The smallest absolute Gasteiger partial charge is 0.116 e. The molecule has 100 valence electrons. The van der Waals surface area contributed by atoms with E-state index in [1.165, 1.54) is 0 Å². The fraction of sp³-hybridized carbons (Fsp3) is 0.200. The number of aromatic hydroxyl groups is 2. The Morgan fingerprint density at radius 2 is 1.32 bits per heavy atom. The zero-order chi connectivity index (χ0) is 14.0. The minimum absolute atomic E-state index is 0.199. The van der Waals surface area contributed by atoms with Crippen molar-refractivity contribution in [1.29, 1.82) is 0 Å². The third-order valence-corrected chi connectivity index (χ3v) is 4.50. The highest BCUT2D eigenvalue weighted by Gasteiger charge is 2.18. The van der Waals surface area contributed by atoms with Crippen molar-refractivity contribution in [2.24, 2.45) is 0 Å². The van der Waals surface area contributed by atoms with Crippen LogP contribution in [0.25, 0.3) is 0 Å². The molecule has 0 bridgehead atoms. The molecular weight excluding hydrogens is 372 g/mol. The van der Waals surface area contributed by atoms with E-state index in [0.29, 0.717) is 0 Å². The number of halogens is 2. The summed E-state index contributed by atoms with van der Waals surface area (Å²) in [6, 6.07) is 10.6. The third-order valence-electron chi connectivity index (χ3n) is 3.13. The van der Waals surface area contributed by atoms with Crippen LogP contribution in [0.5, 0.6) is 11.5 Å². The molecule has 0 aromatic heterocycles. The van der Waals surface area contributed by atoms with Crippen LogP contribution in [0.2, 0.25) is 0 Å². The van der Waals surface area contributed by atoms with Crippen LogP contribution in [0.15, 0.2) is 45.3 Å². The summed E-state index contributed by atoms with van der Waals surface area (Å²) in [6.07, 6.45) is 0.923. The van der Waals surface area contributed by atoms with Gasteiger partial charge in [0.05, 0.1) is 0 Å². The summed E-state index contributed by atoms with van der Waals surface area (Å²) in [7, 11) is 0. The normalized spacial score (nSPS) is 10.9. The van der Waals surface area contributed by atoms with Gasteiger partial charge < -0.3 is 10.2 Å². The minimum atomic E-state index is 0.199. The largest absolute Gasteiger partial charge is 0.508 e.